The number of halogens is 2. The molecule has 7 heteroatoms. The van der Waals surface area contributed by atoms with E-state index in [-0.39, 0.29) is 5.91 Å². The summed E-state index contributed by atoms with van der Waals surface area (Å²) in [5, 5.41) is 3.53. The minimum absolute atomic E-state index is 0.246. The first-order valence-electron chi connectivity index (χ1n) is 9.11. The molecule has 0 bridgehead atoms. The molecule has 0 heterocycles. The van der Waals surface area contributed by atoms with E-state index in [0.717, 1.165) is 18.4 Å². The van der Waals surface area contributed by atoms with Gasteiger partial charge in [-0.15, -0.1) is 0 Å². The lowest BCUT2D eigenvalue weighted by Gasteiger charge is -2.12. The van der Waals surface area contributed by atoms with Gasteiger partial charge in [0.2, 0.25) is 0 Å². The predicted molar refractivity (Wildman–Crippen MR) is 112 cm³/mol. The SMILES string of the molecule is CCCCOc1c(Cl)cc(C(=O)NCCc2ccc(OC)c(OC)c2)cc1Cl. The van der Waals surface area contributed by atoms with Crippen LogP contribution in [0.25, 0.3) is 0 Å². The van der Waals surface area contributed by atoms with Crippen molar-refractivity contribution in [2.24, 2.45) is 0 Å². The second-order valence-corrected chi connectivity index (χ2v) is 6.98. The molecule has 28 heavy (non-hydrogen) atoms. The average molecular weight is 426 g/mol. The molecule has 0 spiro atoms. The van der Waals surface area contributed by atoms with Crippen LogP contribution >= 0.6 is 23.2 Å². The normalized spacial score (nSPS) is 10.5. The van der Waals surface area contributed by atoms with E-state index in [2.05, 4.69) is 12.2 Å². The third-order valence-electron chi connectivity index (χ3n) is 4.15. The monoisotopic (exact) mass is 425 g/mol. The van der Waals surface area contributed by atoms with Crippen LogP contribution in [-0.2, 0) is 6.42 Å². The van der Waals surface area contributed by atoms with Crippen LogP contribution in [0.1, 0.15) is 35.7 Å². The Balaban J connectivity index is 1.96. The largest absolute Gasteiger partial charge is 0.493 e. The van der Waals surface area contributed by atoms with Gasteiger partial charge in [-0.1, -0.05) is 42.6 Å². The molecule has 0 fully saturated rings. The van der Waals surface area contributed by atoms with Crippen molar-refractivity contribution in [1.29, 1.82) is 0 Å². The molecule has 0 aliphatic heterocycles. The molecule has 0 aliphatic rings. The Morgan fingerprint density at radius 2 is 1.71 bits per heavy atom. The molecule has 2 aromatic carbocycles. The quantitative estimate of drug-likeness (QED) is 0.533. The van der Waals surface area contributed by atoms with Crippen LogP contribution in [0, 0.1) is 0 Å². The highest BCUT2D eigenvalue weighted by molar-refractivity contribution is 6.37. The molecule has 2 rings (SSSR count). The number of benzene rings is 2. The van der Waals surface area contributed by atoms with Crippen LogP contribution in [0.5, 0.6) is 17.2 Å². The van der Waals surface area contributed by atoms with E-state index in [1.807, 2.05) is 18.2 Å². The molecular formula is C21H25Cl2NO4. The third kappa shape index (κ3) is 5.94. The Hall–Kier alpha value is -2.11. The first-order chi connectivity index (χ1) is 13.5. The molecule has 0 saturated carbocycles. The van der Waals surface area contributed by atoms with Gasteiger partial charge in [-0.05, 0) is 42.7 Å². The zero-order chi connectivity index (χ0) is 20.5. The Labute approximate surface area is 175 Å². The van der Waals surface area contributed by atoms with E-state index in [1.165, 1.54) is 0 Å². The summed E-state index contributed by atoms with van der Waals surface area (Å²) in [5.74, 6) is 1.49. The summed E-state index contributed by atoms with van der Waals surface area (Å²) >= 11 is 12.5. The molecule has 2 aromatic rings. The molecule has 0 radical (unpaired) electrons. The van der Waals surface area contributed by atoms with Crippen LogP contribution in [0.15, 0.2) is 30.3 Å². The first-order valence-corrected chi connectivity index (χ1v) is 9.86. The molecule has 1 amide bonds. The van der Waals surface area contributed by atoms with Gasteiger partial charge < -0.3 is 19.5 Å². The summed E-state index contributed by atoms with van der Waals surface area (Å²) < 4.78 is 16.1. The van der Waals surface area contributed by atoms with Crippen molar-refractivity contribution in [3.8, 4) is 17.2 Å². The Morgan fingerprint density at radius 3 is 2.32 bits per heavy atom. The molecular weight excluding hydrogens is 401 g/mol. The highest BCUT2D eigenvalue weighted by Crippen LogP contribution is 2.34. The number of hydrogen-bond donors (Lipinski definition) is 1. The summed E-state index contributed by atoms with van der Waals surface area (Å²) in [7, 11) is 3.18. The highest BCUT2D eigenvalue weighted by Gasteiger charge is 2.14. The van der Waals surface area contributed by atoms with Crippen LogP contribution < -0.4 is 19.5 Å². The van der Waals surface area contributed by atoms with E-state index < -0.39 is 0 Å². The van der Waals surface area contributed by atoms with Gasteiger partial charge >= 0.3 is 0 Å². The van der Waals surface area contributed by atoms with Gasteiger partial charge in [0.25, 0.3) is 5.91 Å². The van der Waals surface area contributed by atoms with Crippen LogP contribution in [0.3, 0.4) is 0 Å². The maximum absolute atomic E-state index is 12.4. The lowest BCUT2D eigenvalue weighted by molar-refractivity contribution is 0.0954. The summed E-state index contributed by atoms with van der Waals surface area (Å²) in [5.41, 5.74) is 1.42. The van der Waals surface area contributed by atoms with Crippen LogP contribution in [-0.4, -0.2) is 33.3 Å². The van der Waals surface area contributed by atoms with E-state index in [0.29, 0.717) is 52.4 Å². The topological polar surface area (TPSA) is 56.8 Å². The summed E-state index contributed by atoms with van der Waals surface area (Å²) in [4.78, 5) is 12.4. The minimum atomic E-state index is -0.246. The zero-order valence-corrected chi connectivity index (χ0v) is 17.8. The second kappa shape index (κ2) is 11.0. The lowest BCUT2D eigenvalue weighted by atomic mass is 10.1. The van der Waals surface area contributed by atoms with Crippen molar-refractivity contribution in [1.82, 2.24) is 5.32 Å². The predicted octanol–water partition coefficient (Wildman–Crippen LogP) is 5.16. The number of carbonyl (C=O) groups is 1. The van der Waals surface area contributed by atoms with E-state index >= 15 is 0 Å². The summed E-state index contributed by atoms with van der Waals surface area (Å²) in [6, 6.07) is 8.80. The third-order valence-corrected chi connectivity index (χ3v) is 4.71. The van der Waals surface area contributed by atoms with Crippen molar-refractivity contribution in [3.63, 3.8) is 0 Å². The molecule has 5 nitrogen and oxygen atoms in total. The molecule has 0 unspecified atom stereocenters. The molecule has 0 saturated heterocycles. The molecule has 0 aliphatic carbocycles. The highest BCUT2D eigenvalue weighted by atomic mass is 35.5. The standard InChI is InChI=1S/C21H25Cl2NO4/c1-4-5-10-28-20-16(22)12-15(13-17(20)23)21(25)24-9-8-14-6-7-18(26-2)19(11-14)27-3/h6-7,11-13H,4-5,8-10H2,1-3H3,(H,24,25). The zero-order valence-electron chi connectivity index (χ0n) is 16.3. The smallest absolute Gasteiger partial charge is 0.251 e. The second-order valence-electron chi connectivity index (χ2n) is 6.17. The number of nitrogens with one attached hydrogen (secondary N) is 1. The van der Waals surface area contributed by atoms with Crippen molar-refractivity contribution in [2.75, 3.05) is 27.4 Å². The number of unbranched alkanes of at least 4 members (excludes halogenated alkanes) is 1. The number of methoxy groups -OCH3 is 2. The summed E-state index contributed by atoms with van der Waals surface area (Å²) in [6.07, 6.45) is 2.56. The first kappa shape index (κ1) is 22.2. The Morgan fingerprint density at radius 1 is 1.04 bits per heavy atom. The van der Waals surface area contributed by atoms with Gasteiger partial charge in [-0.3, -0.25) is 4.79 Å². The Kier molecular flexibility index (Phi) is 8.74. The van der Waals surface area contributed by atoms with Gasteiger partial charge in [0.1, 0.15) is 0 Å². The molecule has 0 atom stereocenters. The Bertz CT molecular complexity index is 788. The lowest BCUT2D eigenvalue weighted by Crippen LogP contribution is -2.25. The molecule has 152 valence electrons. The van der Waals surface area contributed by atoms with Gasteiger partial charge in [0.15, 0.2) is 17.2 Å². The summed E-state index contributed by atoms with van der Waals surface area (Å²) in [6.45, 7) is 3.06. The average Bonchev–Trinajstić information content (AvgIpc) is 2.69. The van der Waals surface area contributed by atoms with Gasteiger partial charge in [0, 0.05) is 12.1 Å². The molecule has 0 aromatic heterocycles. The van der Waals surface area contributed by atoms with E-state index in [1.54, 1.807) is 26.4 Å². The number of ether oxygens (including phenoxy) is 3. The molecule has 1 N–H and O–H groups in total. The van der Waals surface area contributed by atoms with Gasteiger partial charge in [0.05, 0.1) is 30.9 Å². The number of rotatable bonds is 10. The number of carbonyl (C=O) groups excluding carboxylic acids is 1. The number of amides is 1. The van der Waals surface area contributed by atoms with Crippen molar-refractivity contribution in [2.45, 2.75) is 26.2 Å². The van der Waals surface area contributed by atoms with Crippen LogP contribution in [0.4, 0.5) is 0 Å². The maximum Gasteiger partial charge on any atom is 0.251 e. The van der Waals surface area contributed by atoms with Crippen molar-refractivity contribution < 1.29 is 19.0 Å². The minimum Gasteiger partial charge on any atom is -0.493 e. The van der Waals surface area contributed by atoms with Gasteiger partial charge in [-0.25, -0.2) is 0 Å². The maximum atomic E-state index is 12.4. The van der Waals surface area contributed by atoms with Crippen molar-refractivity contribution in [3.05, 3.63) is 51.5 Å². The fourth-order valence-electron chi connectivity index (χ4n) is 2.61. The van der Waals surface area contributed by atoms with E-state index in [9.17, 15) is 4.79 Å². The van der Waals surface area contributed by atoms with Crippen LogP contribution in [0.2, 0.25) is 10.0 Å². The van der Waals surface area contributed by atoms with Crippen molar-refractivity contribution >= 4 is 29.1 Å². The fourth-order valence-corrected chi connectivity index (χ4v) is 3.20. The number of hydrogen-bond acceptors (Lipinski definition) is 4. The fraction of sp³-hybridized carbons (Fsp3) is 0.381. The van der Waals surface area contributed by atoms with Gasteiger partial charge in [-0.2, -0.15) is 0 Å². The van der Waals surface area contributed by atoms with E-state index in [4.69, 9.17) is 37.4 Å².